The lowest BCUT2D eigenvalue weighted by atomic mass is 9.93. The van der Waals surface area contributed by atoms with Gasteiger partial charge < -0.3 is 20.1 Å². The molecule has 0 aromatic heterocycles. The molecule has 0 aromatic rings. The summed E-state index contributed by atoms with van der Waals surface area (Å²) in [5, 5.41) is 5.95. The maximum Gasteiger partial charge on any atom is 0.315 e. The molecule has 2 aliphatic heterocycles. The fourth-order valence-electron chi connectivity index (χ4n) is 2.98. The van der Waals surface area contributed by atoms with Crippen LogP contribution < -0.4 is 10.6 Å². The smallest absolute Gasteiger partial charge is 0.315 e. The van der Waals surface area contributed by atoms with Crippen molar-refractivity contribution in [2.75, 3.05) is 19.8 Å². The second-order valence-corrected chi connectivity index (χ2v) is 5.95. The molecule has 2 rings (SSSR count). The summed E-state index contributed by atoms with van der Waals surface area (Å²) in [6.45, 7) is 8.57. The summed E-state index contributed by atoms with van der Waals surface area (Å²) in [5.74, 6) is 0.934. The Bertz CT molecular complexity index is 309. The fourth-order valence-corrected chi connectivity index (χ4v) is 2.98. The van der Waals surface area contributed by atoms with Gasteiger partial charge >= 0.3 is 6.03 Å². The van der Waals surface area contributed by atoms with Crippen LogP contribution in [0.4, 0.5) is 4.79 Å². The highest BCUT2D eigenvalue weighted by Gasteiger charge is 2.31. The van der Waals surface area contributed by atoms with Crippen LogP contribution in [0.25, 0.3) is 0 Å². The van der Waals surface area contributed by atoms with E-state index in [-0.39, 0.29) is 24.3 Å². The number of hydrogen-bond acceptors (Lipinski definition) is 3. The van der Waals surface area contributed by atoms with E-state index in [1.54, 1.807) is 0 Å². The van der Waals surface area contributed by atoms with E-state index < -0.39 is 0 Å². The second kappa shape index (κ2) is 6.57. The molecule has 2 fully saturated rings. The summed E-state index contributed by atoms with van der Waals surface area (Å²) >= 11 is 0. The first kappa shape index (κ1) is 14.6. The molecule has 5 nitrogen and oxygen atoms in total. The van der Waals surface area contributed by atoms with Crippen molar-refractivity contribution in [2.45, 2.75) is 51.9 Å². The molecule has 4 atom stereocenters. The molecule has 0 bridgehead atoms. The molecule has 0 radical (unpaired) electrons. The molecule has 0 aromatic carbocycles. The Morgan fingerprint density at radius 1 is 1.26 bits per heavy atom. The van der Waals surface area contributed by atoms with Crippen LogP contribution in [0.15, 0.2) is 0 Å². The minimum absolute atomic E-state index is 0.0863. The predicted octanol–water partition coefficient (Wildman–Crippen LogP) is 1.52. The van der Waals surface area contributed by atoms with Gasteiger partial charge in [0.15, 0.2) is 0 Å². The average molecular weight is 270 g/mol. The first-order chi connectivity index (χ1) is 9.08. The molecule has 2 heterocycles. The van der Waals surface area contributed by atoms with Crippen molar-refractivity contribution in [3.05, 3.63) is 0 Å². The Morgan fingerprint density at radius 3 is 2.63 bits per heavy atom. The largest absolute Gasteiger partial charge is 0.378 e. The van der Waals surface area contributed by atoms with Crippen LogP contribution in [0.2, 0.25) is 0 Å². The van der Waals surface area contributed by atoms with Gasteiger partial charge in [-0.1, -0.05) is 13.8 Å². The quantitative estimate of drug-likeness (QED) is 0.814. The summed E-state index contributed by atoms with van der Waals surface area (Å²) in [7, 11) is 0. The van der Waals surface area contributed by atoms with Gasteiger partial charge in [-0.2, -0.15) is 0 Å². The number of amides is 2. The summed E-state index contributed by atoms with van der Waals surface area (Å²) in [6.07, 6.45) is 2.32. The Hall–Kier alpha value is -0.810. The third-order valence-corrected chi connectivity index (χ3v) is 4.14. The molecular weight excluding hydrogens is 244 g/mol. The first-order valence-corrected chi connectivity index (χ1v) is 7.35. The van der Waals surface area contributed by atoms with E-state index in [1.165, 1.54) is 0 Å². The lowest BCUT2D eigenvalue weighted by Gasteiger charge is -2.23. The SMILES string of the molecule is CC(C)[C@H]1OCC[C@@H]1CNC(=O)N[C@H]1CCO[C@H]1C. The molecule has 0 saturated carbocycles. The minimum Gasteiger partial charge on any atom is -0.378 e. The van der Waals surface area contributed by atoms with Gasteiger partial charge in [0.1, 0.15) is 0 Å². The van der Waals surface area contributed by atoms with E-state index in [2.05, 4.69) is 24.5 Å². The minimum atomic E-state index is -0.0863. The molecule has 2 amide bonds. The van der Waals surface area contributed by atoms with Gasteiger partial charge in [0.25, 0.3) is 0 Å². The van der Waals surface area contributed by atoms with Crippen molar-refractivity contribution in [3.8, 4) is 0 Å². The molecule has 2 saturated heterocycles. The van der Waals surface area contributed by atoms with Crippen molar-refractivity contribution in [1.29, 1.82) is 0 Å². The van der Waals surface area contributed by atoms with E-state index in [9.17, 15) is 4.79 Å². The van der Waals surface area contributed by atoms with Gasteiger partial charge in [0, 0.05) is 25.7 Å². The van der Waals surface area contributed by atoms with Crippen LogP contribution in [0.3, 0.4) is 0 Å². The number of hydrogen-bond donors (Lipinski definition) is 2. The Morgan fingerprint density at radius 2 is 2.00 bits per heavy atom. The summed E-state index contributed by atoms with van der Waals surface area (Å²) in [6, 6.07) is 0.0532. The van der Waals surface area contributed by atoms with Gasteiger partial charge in [0.2, 0.25) is 0 Å². The van der Waals surface area contributed by atoms with Crippen LogP contribution in [-0.4, -0.2) is 44.0 Å². The Labute approximate surface area is 115 Å². The molecule has 2 N–H and O–H groups in total. The van der Waals surface area contributed by atoms with Gasteiger partial charge in [-0.05, 0) is 25.7 Å². The number of nitrogens with one attached hydrogen (secondary N) is 2. The van der Waals surface area contributed by atoms with Crippen LogP contribution in [0.1, 0.15) is 33.6 Å². The number of carbonyl (C=O) groups is 1. The van der Waals surface area contributed by atoms with Crippen molar-refractivity contribution < 1.29 is 14.3 Å². The summed E-state index contributed by atoms with van der Waals surface area (Å²) in [4.78, 5) is 11.9. The molecule has 2 aliphatic rings. The van der Waals surface area contributed by atoms with Crippen molar-refractivity contribution >= 4 is 6.03 Å². The normalized spacial score (nSPS) is 34.7. The van der Waals surface area contributed by atoms with Gasteiger partial charge in [0.05, 0.1) is 18.2 Å². The molecule has 0 spiro atoms. The average Bonchev–Trinajstić information content (AvgIpc) is 2.96. The van der Waals surface area contributed by atoms with E-state index in [4.69, 9.17) is 9.47 Å². The van der Waals surface area contributed by atoms with Crippen LogP contribution in [-0.2, 0) is 9.47 Å². The third-order valence-electron chi connectivity index (χ3n) is 4.14. The summed E-state index contributed by atoms with van der Waals surface area (Å²) in [5.41, 5.74) is 0. The monoisotopic (exact) mass is 270 g/mol. The Balaban J connectivity index is 1.71. The highest BCUT2D eigenvalue weighted by molar-refractivity contribution is 5.74. The Kier molecular flexibility index (Phi) is 5.05. The number of rotatable bonds is 4. The number of ether oxygens (including phenoxy) is 2. The van der Waals surface area contributed by atoms with Crippen molar-refractivity contribution in [1.82, 2.24) is 10.6 Å². The lowest BCUT2D eigenvalue weighted by molar-refractivity contribution is 0.0544. The molecule has 5 heteroatoms. The zero-order chi connectivity index (χ0) is 13.8. The zero-order valence-electron chi connectivity index (χ0n) is 12.1. The molecule has 0 aliphatic carbocycles. The van der Waals surface area contributed by atoms with Crippen molar-refractivity contribution in [3.63, 3.8) is 0 Å². The fraction of sp³-hybridized carbons (Fsp3) is 0.929. The van der Waals surface area contributed by atoms with E-state index in [0.717, 1.165) is 26.1 Å². The topological polar surface area (TPSA) is 59.6 Å². The number of carbonyl (C=O) groups excluding carboxylic acids is 1. The van der Waals surface area contributed by atoms with Gasteiger partial charge in [-0.15, -0.1) is 0 Å². The van der Waals surface area contributed by atoms with Crippen LogP contribution >= 0.6 is 0 Å². The van der Waals surface area contributed by atoms with Crippen LogP contribution in [0, 0.1) is 11.8 Å². The summed E-state index contributed by atoms with van der Waals surface area (Å²) < 4.78 is 11.1. The second-order valence-electron chi connectivity index (χ2n) is 5.95. The zero-order valence-corrected chi connectivity index (χ0v) is 12.1. The molecule has 0 unspecified atom stereocenters. The van der Waals surface area contributed by atoms with Gasteiger partial charge in [-0.25, -0.2) is 4.79 Å². The molecular formula is C14H26N2O3. The van der Waals surface area contributed by atoms with Crippen LogP contribution in [0.5, 0.6) is 0 Å². The lowest BCUT2D eigenvalue weighted by Crippen LogP contribution is -2.46. The highest BCUT2D eigenvalue weighted by Crippen LogP contribution is 2.26. The molecule has 110 valence electrons. The highest BCUT2D eigenvalue weighted by atomic mass is 16.5. The van der Waals surface area contributed by atoms with E-state index >= 15 is 0 Å². The maximum atomic E-state index is 11.9. The third kappa shape index (κ3) is 3.83. The molecule has 19 heavy (non-hydrogen) atoms. The maximum absolute atomic E-state index is 11.9. The van der Waals surface area contributed by atoms with Gasteiger partial charge in [-0.3, -0.25) is 0 Å². The van der Waals surface area contributed by atoms with E-state index in [1.807, 2.05) is 6.92 Å². The number of urea groups is 1. The standard InChI is InChI=1S/C14H26N2O3/c1-9(2)13-11(4-6-19-13)8-15-14(17)16-12-5-7-18-10(12)3/h9-13H,4-8H2,1-3H3,(H2,15,16,17)/t10-,11+,12-,13+/m0/s1. The predicted molar refractivity (Wildman–Crippen MR) is 73.0 cm³/mol. The first-order valence-electron chi connectivity index (χ1n) is 7.35. The van der Waals surface area contributed by atoms with Crippen molar-refractivity contribution in [2.24, 2.45) is 11.8 Å². The van der Waals surface area contributed by atoms with E-state index in [0.29, 0.717) is 18.4 Å².